The third-order valence-electron chi connectivity index (χ3n) is 3.78. The highest BCUT2D eigenvalue weighted by Gasteiger charge is 2.37. The molecule has 1 atom stereocenters. The molecule has 0 bridgehead atoms. The number of ether oxygens (including phenoxy) is 1. The fourth-order valence-corrected chi connectivity index (χ4v) is 2.67. The summed E-state index contributed by atoms with van der Waals surface area (Å²) >= 11 is 0. The van der Waals surface area contributed by atoms with Crippen LogP contribution < -0.4 is 20.3 Å². The van der Waals surface area contributed by atoms with Crippen molar-refractivity contribution in [2.24, 2.45) is 0 Å². The maximum atomic E-state index is 12.5. The third-order valence-corrected chi connectivity index (χ3v) is 3.78. The lowest BCUT2D eigenvalue weighted by atomic mass is 10.1. The molecular weight excluding hydrogens is 322 g/mol. The Bertz CT molecular complexity index is 874. The van der Waals surface area contributed by atoms with Gasteiger partial charge in [-0.15, -0.1) is 0 Å². The van der Waals surface area contributed by atoms with E-state index in [-0.39, 0.29) is 0 Å². The zero-order valence-electron chi connectivity index (χ0n) is 13.4. The molecule has 1 heterocycles. The Morgan fingerprint density at radius 1 is 1.24 bits per heavy atom. The summed E-state index contributed by atoms with van der Waals surface area (Å²) in [5, 5.41) is 5.28. The zero-order chi connectivity index (χ0) is 17.8. The number of rotatable bonds is 4. The van der Waals surface area contributed by atoms with Crippen molar-refractivity contribution in [3.8, 4) is 5.75 Å². The number of benzene rings is 2. The Kier molecular flexibility index (Phi) is 4.50. The number of urea groups is 1. The summed E-state index contributed by atoms with van der Waals surface area (Å²) < 4.78 is 5.10. The van der Waals surface area contributed by atoms with Crippen molar-refractivity contribution in [3.63, 3.8) is 0 Å². The van der Waals surface area contributed by atoms with Crippen LogP contribution in [0, 0.1) is 0 Å². The molecule has 0 saturated carbocycles. The summed E-state index contributed by atoms with van der Waals surface area (Å²) in [6.07, 6.45) is 1.02. The van der Waals surface area contributed by atoms with Crippen LogP contribution in [0.1, 0.15) is 11.6 Å². The lowest BCUT2D eigenvalue weighted by molar-refractivity contribution is -0.119. The average Bonchev–Trinajstić information content (AvgIpc) is 2.88. The first-order valence-electron chi connectivity index (χ1n) is 7.48. The van der Waals surface area contributed by atoms with E-state index >= 15 is 0 Å². The smallest absolute Gasteiger partial charge is 0.320 e. The highest BCUT2D eigenvalue weighted by atomic mass is 16.5. The second-order valence-electron chi connectivity index (χ2n) is 5.28. The molecule has 1 aliphatic rings. The van der Waals surface area contributed by atoms with E-state index in [2.05, 4.69) is 10.6 Å². The number of nitrogens with one attached hydrogen (secondary N) is 2. The van der Waals surface area contributed by atoms with Crippen LogP contribution in [0.5, 0.6) is 5.75 Å². The van der Waals surface area contributed by atoms with E-state index in [4.69, 9.17) is 4.74 Å². The summed E-state index contributed by atoms with van der Waals surface area (Å²) in [5.41, 5.74) is 1.68. The van der Waals surface area contributed by atoms with Crippen molar-refractivity contribution in [2.75, 3.05) is 17.3 Å². The number of hydrogen-bond acceptors (Lipinski definition) is 4. The maximum absolute atomic E-state index is 12.5. The summed E-state index contributed by atoms with van der Waals surface area (Å²) in [6.45, 7) is 0. The van der Waals surface area contributed by atoms with E-state index in [9.17, 15) is 14.4 Å². The number of carbonyl (C=O) groups is 2. The van der Waals surface area contributed by atoms with Gasteiger partial charge in [-0.05, 0) is 18.2 Å². The molecule has 1 unspecified atom stereocenters. The van der Waals surface area contributed by atoms with Crippen molar-refractivity contribution < 1.29 is 19.1 Å². The maximum Gasteiger partial charge on any atom is 0.320 e. The van der Waals surface area contributed by atoms with E-state index < -0.39 is 18.0 Å². The predicted octanol–water partition coefficient (Wildman–Crippen LogP) is 2.25. The number of methoxy groups -OCH3 is 1. The van der Waals surface area contributed by atoms with Crippen molar-refractivity contribution in [1.29, 1.82) is 0 Å². The molecule has 7 nitrogen and oxygen atoms in total. The van der Waals surface area contributed by atoms with Gasteiger partial charge in [-0.2, -0.15) is 0 Å². The van der Waals surface area contributed by atoms with Gasteiger partial charge in [0.1, 0.15) is 17.7 Å². The van der Waals surface area contributed by atoms with Crippen LogP contribution in [0.4, 0.5) is 16.2 Å². The van der Waals surface area contributed by atoms with Crippen molar-refractivity contribution in [3.05, 3.63) is 60.3 Å². The Morgan fingerprint density at radius 3 is 2.80 bits per heavy atom. The second-order valence-corrected chi connectivity index (χ2v) is 5.28. The number of para-hydroxylation sites is 1. The van der Waals surface area contributed by atoms with Crippen LogP contribution in [0.15, 0.2) is 54.7 Å². The number of fused-ring (bicyclic) bond motifs is 1. The number of anilines is 2. The molecule has 2 aromatic rings. The highest BCUT2D eigenvalue weighted by Crippen LogP contribution is 2.35. The standard InChI is InChI=1S/C18H15N3O4/c1-25-13-6-4-5-12(11-13)19-18(24)20-16-14-7-2-3-8-15(14)21(9-10-22)17(16)23/h2-9,11,16H,1H3,(H2,19,20,24). The van der Waals surface area contributed by atoms with Gasteiger partial charge in [-0.1, -0.05) is 24.3 Å². The largest absolute Gasteiger partial charge is 0.497 e. The fraction of sp³-hybridized carbons (Fsp3) is 0.111. The van der Waals surface area contributed by atoms with Gasteiger partial charge in [0.15, 0.2) is 0 Å². The summed E-state index contributed by atoms with van der Waals surface area (Å²) in [4.78, 5) is 36.6. The molecule has 0 fully saturated rings. The lowest BCUT2D eigenvalue weighted by Gasteiger charge is -2.14. The first-order valence-corrected chi connectivity index (χ1v) is 7.48. The number of amides is 3. The van der Waals surface area contributed by atoms with E-state index in [0.717, 1.165) is 6.20 Å². The molecule has 0 saturated heterocycles. The van der Waals surface area contributed by atoms with Crippen molar-refractivity contribution in [1.82, 2.24) is 5.32 Å². The van der Waals surface area contributed by atoms with Gasteiger partial charge >= 0.3 is 6.03 Å². The van der Waals surface area contributed by atoms with Gasteiger partial charge in [-0.25, -0.2) is 9.59 Å². The minimum Gasteiger partial charge on any atom is -0.497 e. The first kappa shape index (κ1) is 16.3. The summed E-state index contributed by atoms with van der Waals surface area (Å²) in [6, 6.07) is 12.4. The number of nitrogens with zero attached hydrogens (tertiary/aromatic N) is 1. The van der Waals surface area contributed by atoms with E-state index in [1.54, 1.807) is 54.5 Å². The van der Waals surface area contributed by atoms with Gasteiger partial charge < -0.3 is 15.4 Å². The number of hydrogen-bond donors (Lipinski definition) is 2. The molecule has 2 N–H and O–H groups in total. The van der Waals surface area contributed by atoms with Gasteiger partial charge in [0.2, 0.25) is 0 Å². The Hall–Kier alpha value is -3.57. The molecule has 2 aromatic carbocycles. The highest BCUT2D eigenvalue weighted by molar-refractivity contribution is 6.09. The number of carbonyl (C=O) groups excluding carboxylic acids is 3. The quantitative estimate of drug-likeness (QED) is 0.838. The van der Waals surface area contributed by atoms with Crippen LogP contribution >= 0.6 is 0 Å². The minimum atomic E-state index is -0.883. The van der Waals surface area contributed by atoms with Crippen LogP contribution in [0.3, 0.4) is 0 Å². The first-order chi connectivity index (χ1) is 12.1. The monoisotopic (exact) mass is 337 g/mol. The molecule has 25 heavy (non-hydrogen) atoms. The minimum absolute atomic E-state index is 0.426. The molecule has 0 aliphatic carbocycles. The fourth-order valence-electron chi connectivity index (χ4n) is 2.67. The summed E-state index contributed by atoms with van der Waals surface area (Å²) in [5.74, 6) is 1.77. The third kappa shape index (κ3) is 3.22. The molecule has 0 aromatic heterocycles. The normalized spacial score (nSPS) is 15.2. The van der Waals surface area contributed by atoms with Crippen LogP contribution in [0.25, 0.3) is 0 Å². The molecule has 7 heteroatoms. The Morgan fingerprint density at radius 2 is 2.04 bits per heavy atom. The predicted molar refractivity (Wildman–Crippen MR) is 92.1 cm³/mol. The molecule has 0 spiro atoms. The van der Waals surface area contributed by atoms with Gasteiger partial charge in [0.25, 0.3) is 5.91 Å². The van der Waals surface area contributed by atoms with Gasteiger partial charge in [0.05, 0.1) is 19.0 Å². The molecule has 3 amide bonds. The van der Waals surface area contributed by atoms with Crippen molar-refractivity contribution >= 4 is 29.3 Å². The lowest BCUT2D eigenvalue weighted by Crippen LogP contribution is -2.38. The molecular formula is C18H15N3O4. The SMILES string of the molecule is COc1cccc(NC(=O)NC2C(=O)N(C=C=O)c3ccccc32)c1. The average molecular weight is 337 g/mol. The second kappa shape index (κ2) is 6.90. The van der Waals surface area contributed by atoms with Gasteiger partial charge in [-0.3, -0.25) is 9.69 Å². The van der Waals surface area contributed by atoms with E-state index in [1.165, 1.54) is 12.0 Å². The summed E-state index contributed by atoms with van der Waals surface area (Å²) in [7, 11) is 1.53. The van der Waals surface area contributed by atoms with Crippen molar-refractivity contribution in [2.45, 2.75) is 6.04 Å². The molecule has 1 aliphatic heterocycles. The van der Waals surface area contributed by atoms with Gasteiger partial charge in [0, 0.05) is 17.3 Å². The van der Waals surface area contributed by atoms with Crippen LogP contribution in [0.2, 0.25) is 0 Å². The Balaban J connectivity index is 1.79. The van der Waals surface area contributed by atoms with E-state index in [1.807, 2.05) is 0 Å². The zero-order valence-corrected chi connectivity index (χ0v) is 13.4. The topological polar surface area (TPSA) is 87.7 Å². The molecule has 126 valence electrons. The van der Waals surface area contributed by atoms with E-state index in [0.29, 0.717) is 22.7 Å². The Labute approximate surface area is 143 Å². The van der Waals surface area contributed by atoms with Crippen LogP contribution in [-0.2, 0) is 9.59 Å². The van der Waals surface area contributed by atoms with Crippen LogP contribution in [-0.4, -0.2) is 25.0 Å². The molecule has 0 radical (unpaired) electrons. The molecule has 3 rings (SSSR count).